The summed E-state index contributed by atoms with van der Waals surface area (Å²) in [6, 6.07) is 0. The topological polar surface area (TPSA) is 41.6 Å². The number of allylic oxidation sites excluding steroid dienone is 2. The quantitative estimate of drug-likeness (QED) is 0.664. The lowest BCUT2D eigenvalue weighted by Crippen LogP contribution is -2.17. The van der Waals surface area contributed by atoms with E-state index in [1.54, 1.807) is 0 Å². The van der Waals surface area contributed by atoms with Crippen LogP contribution in [0.25, 0.3) is 35.3 Å². The van der Waals surface area contributed by atoms with Crippen molar-refractivity contribution >= 4 is 35.3 Å². The number of H-pyrrole nitrogens is 1. The Hall–Kier alpha value is -2.16. The van der Waals surface area contributed by atoms with E-state index >= 15 is 0 Å². The SMILES string of the molecule is C1=Cc2c3c(c4n[nH]nc4c2=C1)=CC=C3. The van der Waals surface area contributed by atoms with Crippen LogP contribution in [0.15, 0.2) is 12.2 Å². The molecule has 0 saturated heterocycles. The third kappa shape index (κ3) is 0.722. The summed E-state index contributed by atoms with van der Waals surface area (Å²) in [5.74, 6) is 0. The van der Waals surface area contributed by atoms with Crippen molar-refractivity contribution in [2.24, 2.45) is 0 Å². The van der Waals surface area contributed by atoms with E-state index in [0.717, 1.165) is 11.0 Å². The first kappa shape index (κ1) is 7.17. The standard InChI is InChI=1S/C12H7N3/c1-3-7-8-4-2-6-10(8)12-11(9(7)5-1)13-15-14-12/h1-6H,(H,13,14,15). The number of hydrogen-bond acceptors (Lipinski definition) is 2. The van der Waals surface area contributed by atoms with Gasteiger partial charge in [-0.3, -0.25) is 0 Å². The Morgan fingerprint density at radius 3 is 1.87 bits per heavy atom. The van der Waals surface area contributed by atoms with E-state index in [-0.39, 0.29) is 0 Å². The van der Waals surface area contributed by atoms with Crippen LogP contribution in [0.2, 0.25) is 0 Å². The van der Waals surface area contributed by atoms with Gasteiger partial charge >= 0.3 is 0 Å². The van der Waals surface area contributed by atoms with Gasteiger partial charge in [0.05, 0.1) is 0 Å². The molecule has 2 aromatic rings. The molecule has 0 amide bonds. The van der Waals surface area contributed by atoms with Gasteiger partial charge in [0.15, 0.2) is 0 Å². The molecule has 3 heteroatoms. The molecule has 1 aromatic heterocycles. The van der Waals surface area contributed by atoms with Crippen LogP contribution in [0.5, 0.6) is 0 Å². The lowest BCUT2D eigenvalue weighted by Gasteiger charge is -1.99. The predicted molar refractivity (Wildman–Crippen MR) is 60.1 cm³/mol. The molecule has 1 N–H and O–H groups in total. The highest BCUT2D eigenvalue weighted by molar-refractivity contribution is 5.92. The number of fused-ring (bicyclic) bond motifs is 6. The molecule has 1 aromatic carbocycles. The van der Waals surface area contributed by atoms with Gasteiger partial charge in [0, 0.05) is 10.4 Å². The highest BCUT2D eigenvalue weighted by atomic mass is 15.3. The highest BCUT2D eigenvalue weighted by Crippen LogP contribution is 2.15. The Bertz CT molecular complexity index is 696. The van der Waals surface area contributed by atoms with Crippen LogP contribution in [0.3, 0.4) is 0 Å². The average Bonchev–Trinajstić information content (AvgIpc) is 2.97. The number of nitrogens with zero attached hydrogens (tertiary/aromatic N) is 2. The molecule has 4 rings (SSSR count). The van der Waals surface area contributed by atoms with Crippen LogP contribution in [-0.2, 0) is 0 Å². The molecule has 0 aliphatic heterocycles. The van der Waals surface area contributed by atoms with Gasteiger partial charge in [-0.1, -0.05) is 36.5 Å². The predicted octanol–water partition coefficient (Wildman–Crippen LogP) is 0.573. The fourth-order valence-corrected chi connectivity index (χ4v) is 2.33. The van der Waals surface area contributed by atoms with E-state index in [0.29, 0.717) is 0 Å². The van der Waals surface area contributed by atoms with Crippen LogP contribution < -0.4 is 10.4 Å². The zero-order valence-corrected chi connectivity index (χ0v) is 7.86. The number of rotatable bonds is 0. The fraction of sp³-hybridized carbons (Fsp3) is 0. The largest absolute Gasteiger partial charge is 0.197 e. The van der Waals surface area contributed by atoms with Crippen molar-refractivity contribution in [2.75, 3.05) is 0 Å². The maximum Gasteiger partial charge on any atom is 0.121 e. The second-order valence-electron chi connectivity index (χ2n) is 3.73. The normalized spacial score (nSPS) is 15.2. The zero-order chi connectivity index (χ0) is 9.83. The summed E-state index contributed by atoms with van der Waals surface area (Å²) < 4.78 is 0. The van der Waals surface area contributed by atoms with E-state index in [2.05, 4.69) is 51.9 Å². The lowest BCUT2D eigenvalue weighted by atomic mass is 10.0. The summed E-state index contributed by atoms with van der Waals surface area (Å²) >= 11 is 0. The van der Waals surface area contributed by atoms with Crippen molar-refractivity contribution in [3.63, 3.8) is 0 Å². The molecule has 0 saturated carbocycles. The number of aromatic nitrogens is 3. The van der Waals surface area contributed by atoms with Crippen LogP contribution in [-0.4, -0.2) is 15.4 Å². The maximum absolute atomic E-state index is 4.21. The Labute approximate surface area is 85.1 Å². The summed E-state index contributed by atoms with van der Waals surface area (Å²) in [6.07, 6.45) is 12.6. The molecule has 0 spiro atoms. The van der Waals surface area contributed by atoms with E-state index in [4.69, 9.17) is 0 Å². The van der Waals surface area contributed by atoms with E-state index in [9.17, 15) is 0 Å². The molecule has 2 aliphatic rings. The second kappa shape index (κ2) is 2.25. The summed E-state index contributed by atoms with van der Waals surface area (Å²) in [5.41, 5.74) is 4.45. The molecule has 0 unspecified atom stereocenters. The van der Waals surface area contributed by atoms with Crippen molar-refractivity contribution in [3.05, 3.63) is 33.7 Å². The molecule has 0 bridgehead atoms. The van der Waals surface area contributed by atoms with Crippen LogP contribution in [0, 0.1) is 0 Å². The molecule has 70 valence electrons. The Balaban J connectivity index is 2.46. The van der Waals surface area contributed by atoms with Crippen molar-refractivity contribution in [2.45, 2.75) is 0 Å². The molecule has 0 radical (unpaired) electrons. The first-order valence-corrected chi connectivity index (χ1v) is 4.88. The molecule has 15 heavy (non-hydrogen) atoms. The third-order valence-electron chi connectivity index (χ3n) is 2.98. The average molecular weight is 193 g/mol. The van der Waals surface area contributed by atoms with Gasteiger partial charge in [-0.05, 0) is 11.1 Å². The first-order valence-electron chi connectivity index (χ1n) is 4.88. The van der Waals surface area contributed by atoms with Gasteiger partial charge in [-0.25, -0.2) is 0 Å². The Morgan fingerprint density at radius 1 is 0.800 bits per heavy atom. The molecule has 3 nitrogen and oxygen atoms in total. The number of hydrogen-bond donors (Lipinski definition) is 1. The zero-order valence-electron chi connectivity index (χ0n) is 7.86. The minimum Gasteiger partial charge on any atom is -0.197 e. The number of benzene rings is 1. The van der Waals surface area contributed by atoms with Gasteiger partial charge in [-0.15, -0.1) is 0 Å². The fourth-order valence-electron chi connectivity index (χ4n) is 2.33. The molecule has 0 atom stereocenters. The summed E-state index contributed by atoms with van der Waals surface area (Å²) in [4.78, 5) is 0. The van der Waals surface area contributed by atoms with Gasteiger partial charge in [0.2, 0.25) is 0 Å². The highest BCUT2D eigenvalue weighted by Gasteiger charge is 2.14. The van der Waals surface area contributed by atoms with Crippen LogP contribution in [0.4, 0.5) is 0 Å². The lowest BCUT2D eigenvalue weighted by molar-refractivity contribution is 0.958. The first-order chi connectivity index (χ1) is 7.45. The number of aromatic amines is 1. The molecule has 0 fully saturated rings. The molecular formula is C12H7N3. The van der Waals surface area contributed by atoms with E-state index in [1.165, 1.54) is 21.6 Å². The minimum atomic E-state index is 0.966. The molecule has 2 aliphatic carbocycles. The van der Waals surface area contributed by atoms with Crippen LogP contribution >= 0.6 is 0 Å². The second-order valence-corrected chi connectivity index (χ2v) is 3.73. The van der Waals surface area contributed by atoms with Gasteiger partial charge in [-0.2, -0.15) is 15.4 Å². The van der Waals surface area contributed by atoms with Gasteiger partial charge in [0.25, 0.3) is 0 Å². The summed E-state index contributed by atoms with van der Waals surface area (Å²) in [7, 11) is 0. The van der Waals surface area contributed by atoms with Crippen molar-refractivity contribution in [3.8, 4) is 0 Å². The number of nitrogens with one attached hydrogen (secondary N) is 1. The van der Waals surface area contributed by atoms with Crippen LogP contribution in [0.1, 0.15) is 11.1 Å². The van der Waals surface area contributed by atoms with Gasteiger partial charge in [0.1, 0.15) is 11.0 Å². The van der Waals surface area contributed by atoms with E-state index in [1.807, 2.05) is 0 Å². The van der Waals surface area contributed by atoms with Gasteiger partial charge < -0.3 is 0 Å². The Morgan fingerprint density at radius 2 is 1.33 bits per heavy atom. The molecule has 1 heterocycles. The monoisotopic (exact) mass is 193 g/mol. The molecular weight excluding hydrogens is 186 g/mol. The minimum absolute atomic E-state index is 0.966. The van der Waals surface area contributed by atoms with Crippen molar-refractivity contribution in [1.29, 1.82) is 0 Å². The van der Waals surface area contributed by atoms with E-state index < -0.39 is 0 Å². The smallest absolute Gasteiger partial charge is 0.121 e. The maximum atomic E-state index is 4.21. The third-order valence-corrected chi connectivity index (χ3v) is 2.98. The van der Waals surface area contributed by atoms with Crippen molar-refractivity contribution < 1.29 is 0 Å². The summed E-state index contributed by atoms with van der Waals surface area (Å²) in [5, 5.41) is 13.5. The Kier molecular flexibility index (Phi) is 1.08. The van der Waals surface area contributed by atoms with Crippen molar-refractivity contribution in [1.82, 2.24) is 15.4 Å². The summed E-state index contributed by atoms with van der Waals surface area (Å²) in [6.45, 7) is 0.